The summed E-state index contributed by atoms with van der Waals surface area (Å²) in [6.45, 7) is 8.81. The van der Waals surface area contributed by atoms with E-state index in [9.17, 15) is 9.59 Å². The van der Waals surface area contributed by atoms with Gasteiger partial charge in [0.2, 0.25) is 5.91 Å². The maximum Gasteiger partial charge on any atom is 0.261 e. The molecule has 4 nitrogen and oxygen atoms in total. The van der Waals surface area contributed by atoms with Crippen molar-refractivity contribution in [1.82, 2.24) is 10.6 Å². The second-order valence-electron chi connectivity index (χ2n) is 6.61. The van der Waals surface area contributed by atoms with Crippen LogP contribution < -0.4 is 10.6 Å². The maximum absolute atomic E-state index is 12.3. The first-order valence-electron chi connectivity index (χ1n) is 7.96. The highest BCUT2D eigenvalue weighted by Gasteiger charge is 2.22. The predicted molar refractivity (Wildman–Crippen MR) is 98.4 cm³/mol. The molecule has 0 aliphatic heterocycles. The summed E-state index contributed by atoms with van der Waals surface area (Å²) < 4.78 is 0. The summed E-state index contributed by atoms with van der Waals surface area (Å²) in [4.78, 5) is 24.9. The minimum Gasteiger partial charge on any atom is -0.351 e. The molecule has 2 aromatic rings. The van der Waals surface area contributed by atoms with Crippen LogP contribution in [0.1, 0.15) is 46.4 Å². The van der Waals surface area contributed by atoms with Gasteiger partial charge in [-0.15, -0.1) is 11.3 Å². The van der Waals surface area contributed by atoms with E-state index in [0.29, 0.717) is 18.0 Å². The molecule has 0 radical (unpaired) electrons. The summed E-state index contributed by atoms with van der Waals surface area (Å²) in [7, 11) is 0. The number of thiophene rings is 1. The summed E-state index contributed by atoms with van der Waals surface area (Å²) in [6, 6.07) is 12.1. The van der Waals surface area contributed by atoms with E-state index in [1.54, 1.807) is 6.07 Å². The van der Waals surface area contributed by atoms with Crippen LogP contribution in [0.5, 0.6) is 0 Å². The molecule has 0 aliphatic rings. The van der Waals surface area contributed by atoms with E-state index in [2.05, 4.69) is 55.7 Å². The Morgan fingerprint density at radius 2 is 1.71 bits per heavy atom. The van der Waals surface area contributed by atoms with Crippen LogP contribution in [0.4, 0.5) is 0 Å². The summed E-state index contributed by atoms with van der Waals surface area (Å²) in [5.74, 6) is -0.150. The molecule has 2 N–H and O–H groups in total. The standard InChI is InChI=1S/C19H24N2O2S/c1-13-5-7-15(8-6-13)19(3,4)12-21-18(23)17-10-9-16(24-17)11-20-14(2)22/h5-10H,11-12H2,1-4H3,(H,20,22)(H,21,23). The molecule has 0 saturated carbocycles. The Bertz CT molecular complexity index is 717. The van der Waals surface area contributed by atoms with Crippen LogP contribution in [-0.4, -0.2) is 18.4 Å². The topological polar surface area (TPSA) is 58.2 Å². The maximum atomic E-state index is 12.3. The Morgan fingerprint density at radius 3 is 2.33 bits per heavy atom. The minimum absolute atomic E-state index is 0.0748. The van der Waals surface area contributed by atoms with Crippen LogP contribution in [0.2, 0.25) is 0 Å². The highest BCUT2D eigenvalue weighted by Crippen LogP contribution is 2.23. The fourth-order valence-electron chi connectivity index (χ4n) is 2.30. The fourth-order valence-corrected chi connectivity index (χ4v) is 3.17. The number of rotatable bonds is 6. The molecule has 2 amide bonds. The molecule has 1 heterocycles. The lowest BCUT2D eigenvalue weighted by Gasteiger charge is -2.25. The number of benzene rings is 1. The van der Waals surface area contributed by atoms with Crippen LogP contribution in [0, 0.1) is 6.92 Å². The second kappa shape index (κ2) is 7.62. The third-order valence-electron chi connectivity index (χ3n) is 3.92. The van der Waals surface area contributed by atoms with Crippen molar-refractivity contribution in [3.8, 4) is 0 Å². The Labute approximate surface area is 147 Å². The van der Waals surface area contributed by atoms with Gasteiger partial charge in [-0.05, 0) is 24.6 Å². The number of aryl methyl sites for hydroxylation is 1. The van der Waals surface area contributed by atoms with Crippen molar-refractivity contribution in [3.05, 3.63) is 57.3 Å². The number of nitrogens with one attached hydrogen (secondary N) is 2. The van der Waals surface area contributed by atoms with E-state index < -0.39 is 0 Å². The number of amides is 2. The summed E-state index contributed by atoms with van der Waals surface area (Å²) in [6.07, 6.45) is 0. The van der Waals surface area contributed by atoms with Crippen LogP contribution in [0.3, 0.4) is 0 Å². The first-order valence-corrected chi connectivity index (χ1v) is 8.78. The zero-order valence-corrected chi connectivity index (χ0v) is 15.4. The van der Waals surface area contributed by atoms with E-state index in [1.165, 1.54) is 29.4 Å². The van der Waals surface area contributed by atoms with E-state index >= 15 is 0 Å². The normalized spacial score (nSPS) is 11.2. The van der Waals surface area contributed by atoms with Gasteiger partial charge >= 0.3 is 0 Å². The van der Waals surface area contributed by atoms with Crippen molar-refractivity contribution in [1.29, 1.82) is 0 Å². The van der Waals surface area contributed by atoms with E-state index in [-0.39, 0.29) is 17.2 Å². The van der Waals surface area contributed by atoms with E-state index in [4.69, 9.17) is 0 Å². The first-order chi connectivity index (χ1) is 11.3. The summed E-state index contributed by atoms with van der Waals surface area (Å²) in [5, 5.41) is 5.75. The number of hydrogen-bond acceptors (Lipinski definition) is 3. The molecular weight excluding hydrogens is 320 g/mol. The molecule has 2 rings (SSSR count). The third-order valence-corrected chi connectivity index (χ3v) is 5.00. The van der Waals surface area contributed by atoms with Gasteiger partial charge in [-0.3, -0.25) is 9.59 Å². The van der Waals surface area contributed by atoms with Crippen molar-refractivity contribution >= 4 is 23.2 Å². The molecule has 0 spiro atoms. The molecule has 0 aliphatic carbocycles. The molecule has 24 heavy (non-hydrogen) atoms. The van der Waals surface area contributed by atoms with E-state index in [0.717, 1.165) is 4.88 Å². The molecular formula is C19H24N2O2S. The molecule has 0 fully saturated rings. The quantitative estimate of drug-likeness (QED) is 0.844. The van der Waals surface area contributed by atoms with Gasteiger partial charge in [0.15, 0.2) is 0 Å². The molecule has 0 saturated heterocycles. The van der Waals surface area contributed by atoms with Crippen molar-refractivity contribution < 1.29 is 9.59 Å². The fraction of sp³-hybridized carbons (Fsp3) is 0.368. The Balaban J connectivity index is 1.94. The summed E-state index contributed by atoms with van der Waals surface area (Å²) >= 11 is 1.40. The molecule has 5 heteroatoms. The van der Waals surface area contributed by atoms with Crippen LogP contribution in [-0.2, 0) is 16.8 Å². The van der Waals surface area contributed by atoms with Crippen molar-refractivity contribution in [2.75, 3.05) is 6.54 Å². The van der Waals surface area contributed by atoms with Crippen LogP contribution in [0.15, 0.2) is 36.4 Å². The first kappa shape index (κ1) is 18.2. The van der Waals surface area contributed by atoms with Crippen molar-refractivity contribution in [3.63, 3.8) is 0 Å². The lowest BCUT2D eigenvalue weighted by molar-refractivity contribution is -0.119. The third kappa shape index (κ3) is 4.93. The number of carbonyl (C=O) groups is 2. The van der Waals surface area contributed by atoms with Gasteiger partial charge in [-0.25, -0.2) is 0 Å². The lowest BCUT2D eigenvalue weighted by Crippen LogP contribution is -2.36. The van der Waals surface area contributed by atoms with Crippen molar-refractivity contribution in [2.45, 2.75) is 39.7 Å². The Hall–Kier alpha value is -2.14. The molecule has 1 aromatic carbocycles. The molecule has 0 atom stereocenters. The van der Waals surface area contributed by atoms with Crippen LogP contribution in [0.25, 0.3) is 0 Å². The van der Waals surface area contributed by atoms with Gasteiger partial charge < -0.3 is 10.6 Å². The van der Waals surface area contributed by atoms with Crippen LogP contribution >= 0.6 is 11.3 Å². The van der Waals surface area contributed by atoms with Crippen molar-refractivity contribution in [2.24, 2.45) is 0 Å². The van der Waals surface area contributed by atoms with Gasteiger partial charge in [-0.2, -0.15) is 0 Å². The second-order valence-corrected chi connectivity index (χ2v) is 7.78. The van der Waals surface area contributed by atoms with Gasteiger partial charge in [-0.1, -0.05) is 43.7 Å². The highest BCUT2D eigenvalue weighted by atomic mass is 32.1. The average Bonchev–Trinajstić information content (AvgIpc) is 3.00. The molecule has 0 unspecified atom stereocenters. The monoisotopic (exact) mass is 344 g/mol. The zero-order chi connectivity index (χ0) is 17.7. The lowest BCUT2D eigenvalue weighted by atomic mass is 9.84. The number of hydrogen-bond donors (Lipinski definition) is 2. The largest absolute Gasteiger partial charge is 0.351 e. The SMILES string of the molecule is CC(=O)NCc1ccc(C(=O)NCC(C)(C)c2ccc(C)cc2)s1. The van der Waals surface area contributed by atoms with Gasteiger partial charge in [0.1, 0.15) is 0 Å². The summed E-state index contributed by atoms with van der Waals surface area (Å²) in [5.41, 5.74) is 2.29. The molecule has 128 valence electrons. The van der Waals surface area contributed by atoms with Gasteiger partial charge in [0, 0.05) is 23.8 Å². The van der Waals surface area contributed by atoms with Gasteiger partial charge in [0.05, 0.1) is 11.4 Å². The predicted octanol–water partition coefficient (Wildman–Crippen LogP) is 3.40. The Kier molecular flexibility index (Phi) is 5.78. The molecule has 0 bridgehead atoms. The Morgan fingerprint density at radius 1 is 1.04 bits per heavy atom. The zero-order valence-electron chi connectivity index (χ0n) is 14.6. The smallest absolute Gasteiger partial charge is 0.261 e. The molecule has 1 aromatic heterocycles. The van der Waals surface area contributed by atoms with E-state index in [1.807, 2.05) is 6.07 Å². The number of carbonyl (C=O) groups excluding carboxylic acids is 2. The average molecular weight is 344 g/mol. The minimum atomic E-state index is -0.139. The van der Waals surface area contributed by atoms with Gasteiger partial charge in [0.25, 0.3) is 5.91 Å². The highest BCUT2D eigenvalue weighted by molar-refractivity contribution is 7.14.